The molecule has 17 heavy (non-hydrogen) atoms. The lowest BCUT2D eigenvalue weighted by atomic mass is 9.88. The Morgan fingerprint density at radius 1 is 1.29 bits per heavy atom. The molecule has 0 aliphatic carbocycles. The fourth-order valence-electron chi connectivity index (χ4n) is 1.67. The number of benzene rings is 1. The summed E-state index contributed by atoms with van der Waals surface area (Å²) in [5.41, 5.74) is 2.57. The Hall–Kier alpha value is -0.860. The molecule has 0 heterocycles. The van der Waals surface area contributed by atoms with Gasteiger partial charge in [-0.1, -0.05) is 43.7 Å². The molecule has 0 fully saturated rings. The summed E-state index contributed by atoms with van der Waals surface area (Å²) in [4.78, 5) is 0. The number of hydrogen-bond acceptors (Lipinski definition) is 2. The summed E-state index contributed by atoms with van der Waals surface area (Å²) in [6.07, 6.45) is 0.983. The zero-order valence-corrected chi connectivity index (χ0v) is 11.5. The standard InChI is InChI=1S/C15H25NO/c1-5-15(4,11-17)10-16-13(3)14-8-6-12(2)7-9-14/h6-9,13,16-17H,5,10-11H2,1-4H3. The van der Waals surface area contributed by atoms with E-state index in [1.54, 1.807) is 0 Å². The summed E-state index contributed by atoms with van der Waals surface area (Å²) in [6.45, 7) is 9.57. The molecule has 2 atom stereocenters. The van der Waals surface area contributed by atoms with Gasteiger partial charge in [-0.2, -0.15) is 0 Å². The summed E-state index contributed by atoms with van der Waals surface area (Å²) < 4.78 is 0. The highest BCUT2D eigenvalue weighted by Gasteiger charge is 2.21. The zero-order chi connectivity index (χ0) is 12.9. The van der Waals surface area contributed by atoms with Gasteiger partial charge in [-0.05, 0) is 25.8 Å². The van der Waals surface area contributed by atoms with E-state index in [2.05, 4.69) is 57.3 Å². The van der Waals surface area contributed by atoms with Crippen molar-refractivity contribution in [3.8, 4) is 0 Å². The van der Waals surface area contributed by atoms with Crippen molar-refractivity contribution in [2.24, 2.45) is 5.41 Å². The highest BCUT2D eigenvalue weighted by Crippen LogP contribution is 2.21. The third-order valence-corrected chi connectivity index (χ3v) is 3.65. The number of nitrogens with one attached hydrogen (secondary N) is 1. The lowest BCUT2D eigenvalue weighted by Gasteiger charge is -2.28. The minimum Gasteiger partial charge on any atom is -0.396 e. The van der Waals surface area contributed by atoms with E-state index in [0.717, 1.165) is 13.0 Å². The largest absolute Gasteiger partial charge is 0.396 e. The van der Waals surface area contributed by atoms with Crippen LogP contribution in [0, 0.1) is 12.3 Å². The third kappa shape index (κ3) is 4.14. The second-order valence-corrected chi connectivity index (χ2v) is 5.34. The Labute approximate surface area is 105 Å². The molecule has 1 rings (SSSR count). The maximum Gasteiger partial charge on any atom is 0.0496 e. The summed E-state index contributed by atoms with van der Waals surface area (Å²) in [7, 11) is 0. The van der Waals surface area contributed by atoms with Crippen LogP contribution in [0.2, 0.25) is 0 Å². The van der Waals surface area contributed by atoms with Crippen LogP contribution in [0.3, 0.4) is 0 Å². The second kappa shape index (κ2) is 6.18. The van der Waals surface area contributed by atoms with Crippen molar-refractivity contribution in [1.82, 2.24) is 5.32 Å². The van der Waals surface area contributed by atoms with E-state index in [0.29, 0.717) is 6.04 Å². The van der Waals surface area contributed by atoms with Crippen LogP contribution in [0.25, 0.3) is 0 Å². The highest BCUT2D eigenvalue weighted by molar-refractivity contribution is 5.23. The highest BCUT2D eigenvalue weighted by atomic mass is 16.3. The van der Waals surface area contributed by atoms with Crippen molar-refractivity contribution in [3.63, 3.8) is 0 Å². The van der Waals surface area contributed by atoms with Gasteiger partial charge in [-0.15, -0.1) is 0 Å². The number of aliphatic hydroxyl groups is 1. The molecule has 0 aromatic heterocycles. The monoisotopic (exact) mass is 235 g/mol. The summed E-state index contributed by atoms with van der Waals surface area (Å²) in [5, 5.41) is 12.9. The van der Waals surface area contributed by atoms with Gasteiger partial charge in [0.25, 0.3) is 0 Å². The summed E-state index contributed by atoms with van der Waals surface area (Å²) in [5.74, 6) is 0. The molecule has 2 nitrogen and oxygen atoms in total. The van der Waals surface area contributed by atoms with E-state index in [9.17, 15) is 5.11 Å². The van der Waals surface area contributed by atoms with Gasteiger partial charge in [0.2, 0.25) is 0 Å². The Balaban J connectivity index is 2.55. The number of aryl methyl sites for hydroxylation is 1. The summed E-state index contributed by atoms with van der Waals surface area (Å²) in [6, 6.07) is 8.93. The first-order valence-corrected chi connectivity index (χ1v) is 6.41. The van der Waals surface area contributed by atoms with Gasteiger partial charge >= 0.3 is 0 Å². The van der Waals surface area contributed by atoms with Crippen molar-refractivity contribution in [1.29, 1.82) is 0 Å². The molecule has 0 amide bonds. The number of rotatable bonds is 6. The molecule has 0 aliphatic heterocycles. The molecule has 0 spiro atoms. The van der Waals surface area contributed by atoms with Crippen LogP contribution in [0.5, 0.6) is 0 Å². The molecular formula is C15H25NO. The van der Waals surface area contributed by atoms with Gasteiger partial charge in [0.05, 0.1) is 0 Å². The lowest BCUT2D eigenvalue weighted by Crippen LogP contribution is -2.35. The van der Waals surface area contributed by atoms with E-state index in [-0.39, 0.29) is 12.0 Å². The van der Waals surface area contributed by atoms with Crippen molar-refractivity contribution in [2.75, 3.05) is 13.2 Å². The first kappa shape index (κ1) is 14.2. The van der Waals surface area contributed by atoms with Crippen LogP contribution >= 0.6 is 0 Å². The van der Waals surface area contributed by atoms with Crippen LogP contribution in [0.1, 0.15) is 44.4 Å². The quantitative estimate of drug-likeness (QED) is 0.794. The Morgan fingerprint density at radius 3 is 2.35 bits per heavy atom. The van der Waals surface area contributed by atoms with Crippen LogP contribution in [-0.2, 0) is 0 Å². The Bertz CT molecular complexity index is 327. The van der Waals surface area contributed by atoms with Crippen molar-refractivity contribution in [3.05, 3.63) is 35.4 Å². The predicted molar refractivity (Wildman–Crippen MR) is 73.1 cm³/mol. The minimum absolute atomic E-state index is 0.0149. The van der Waals surface area contributed by atoms with Gasteiger partial charge in [0, 0.05) is 24.6 Å². The molecule has 0 saturated carbocycles. The topological polar surface area (TPSA) is 32.3 Å². The van der Waals surface area contributed by atoms with Gasteiger partial charge in [0.1, 0.15) is 0 Å². The van der Waals surface area contributed by atoms with Crippen LogP contribution in [0.15, 0.2) is 24.3 Å². The van der Waals surface area contributed by atoms with Gasteiger partial charge in [0.15, 0.2) is 0 Å². The van der Waals surface area contributed by atoms with Crippen molar-refractivity contribution >= 4 is 0 Å². The molecule has 0 aliphatic rings. The SMILES string of the molecule is CCC(C)(CO)CNC(C)c1ccc(C)cc1. The predicted octanol–water partition coefficient (Wildman–Crippen LogP) is 3.05. The molecule has 0 bridgehead atoms. The second-order valence-electron chi connectivity index (χ2n) is 5.34. The lowest BCUT2D eigenvalue weighted by molar-refractivity contribution is 0.132. The fourth-order valence-corrected chi connectivity index (χ4v) is 1.67. The van der Waals surface area contributed by atoms with E-state index < -0.39 is 0 Å². The van der Waals surface area contributed by atoms with Crippen molar-refractivity contribution in [2.45, 2.75) is 40.2 Å². The number of aliphatic hydroxyl groups excluding tert-OH is 1. The van der Waals surface area contributed by atoms with E-state index in [4.69, 9.17) is 0 Å². The smallest absolute Gasteiger partial charge is 0.0496 e. The number of hydrogen-bond donors (Lipinski definition) is 2. The average Bonchev–Trinajstić information content (AvgIpc) is 2.36. The molecule has 2 N–H and O–H groups in total. The summed E-state index contributed by atoms with van der Waals surface area (Å²) >= 11 is 0. The normalized spacial score (nSPS) is 16.5. The van der Waals surface area contributed by atoms with Crippen LogP contribution in [0.4, 0.5) is 0 Å². The Kier molecular flexibility index (Phi) is 5.16. The van der Waals surface area contributed by atoms with Crippen LogP contribution in [-0.4, -0.2) is 18.3 Å². The third-order valence-electron chi connectivity index (χ3n) is 3.65. The van der Waals surface area contributed by atoms with Gasteiger partial charge in [-0.25, -0.2) is 0 Å². The first-order valence-electron chi connectivity index (χ1n) is 6.41. The van der Waals surface area contributed by atoms with Gasteiger partial charge < -0.3 is 10.4 Å². The Morgan fingerprint density at radius 2 is 1.88 bits per heavy atom. The minimum atomic E-state index is -0.0149. The molecule has 0 saturated heterocycles. The van der Waals surface area contributed by atoms with E-state index in [1.165, 1.54) is 11.1 Å². The molecule has 1 aromatic carbocycles. The molecule has 1 aromatic rings. The molecular weight excluding hydrogens is 210 g/mol. The molecule has 0 radical (unpaired) electrons. The van der Waals surface area contributed by atoms with E-state index in [1.807, 2.05) is 0 Å². The van der Waals surface area contributed by atoms with E-state index >= 15 is 0 Å². The molecule has 2 unspecified atom stereocenters. The maximum atomic E-state index is 9.37. The average molecular weight is 235 g/mol. The van der Waals surface area contributed by atoms with Gasteiger partial charge in [-0.3, -0.25) is 0 Å². The first-order chi connectivity index (χ1) is 8.00. The maximum absolute atomic E-state index is 9.37. The molecule has 96 valence electrons. The van der Waals surface area contributed by atoms with Crippen LogP contribution < -0.4 is 5.32 Å². The zero-order valence-electron chi connectivity index (χ0n) is 11.5. The fraction of sp³-hybridized carbons (Fsp3) is 0.600. The van der Waals surface area contributed by atoms with Crippen molar-refractivity contribution < 1.29 is 5.11 Å². The molecule has 2 heteroatoms.